The maximum Gasteiger partial charge on any atom is 0.214 e. The van der Waals surface area contributed by atoms with Crippen LogP contribution < -0.4 is 4.74 Å². The molecule has 7 rings (SSSR count). The zero-order chi connectivity index (χ0) is 30.3. The highest BCUT2D eigenvalue weighted by Crippen LogP contribution is 2.50. The third-order valence-electron chi connectivity index (χ3n) is 8.87. The van der Waals surface area contributed by atoms with E-state index in [0.29, 0.717) is 60.9 Å². The van der Waals surface area contributed by atoms with Gasteiger partial charge in [-0.05, 0) is 66.8 Å². The molecule has 3 aromatic carbocycles. The number of aryl methyl sites for hydroxylation is 1. The van der Waals surface area contributed by atoms with Gasteiger partial charge in [0.1, 0.15) is 24.1 Å². The Hall–Kier alpha value is -4.61. The van der Waals surface area contributed by atoms with Crippen molar-refractivity contribution in [2.45, 2.75) is 51.7 Å². The van der Waals surface area contributed by atoms with Crippen LogP contribution in [0, 0.1) is 35.3 Å². The van der Waals surface area contributed by atoms with E-state index in [9.17, 15) is 9.65 Å². The summed E-state index contributed by atoms with van der Waals surface area (Å²) in [6.45, 7) is 4.03. The van der Waals surface area contributed by atoms with Crippen LogP contribution in [0.15, 0.2) is 72.8 Å². The fourth-order valence-corrected chi connectivity index (χ4v) is 5.86. The number of hydrogen-bond acceptors (Lipinski definition) is 5. The molecule has 6 nitrogen and oxygen atoms in total. The molecule has 0 amide bonds. The Balaban J connectivity index is 1.09. The predicted molar refractivity (Wildman–Crippen MR) is 163 cm³/mol. The first-order chi connectivity index (χ1) is 21.4. The Bertz CT molecular complexity index is 1900. The van der Waals surface area contributed by atoms with Crippen molar-refractivity contribution in [1.29, 1.82) is 5.26 Å². The van der Waals surface area contributed by atoms with Gasteiger partial charge in [-0.1, -0.05) is 36.4 Å². The minimum absolute atomic E-state index is 0.0251. The van der Waals surface area contributed by atoms with Gasteiger partial charge >= 0.3 is 0 Å². The molecule has 0 bridgehead atoms. The van der Waals surface area contributed by atoms with Gasteiger partial charge in [0, 0.05) is 47.9 Å². The molecule has 8 heteroatoms. The fourth-order valence-electron chi connectivity index (χ4n) is 5.86. The van der Waals surface area contributed by atoms with Gasteiger partial charge < -0.3 is 14.0 Å². The predicted octanol–water partition coefficient (Wildman–Crippen LogP) is 7.66. The molecule has 3 heterocycles. The van der Waals surface area contributed by atoms with Gasteiger partial charge in [-0.3, -0.25) is 0 Å². The van der Waals surface area contributed by atoms with Crippen LogP contribution >= 0.6 is 0 Å². The molecule has 0 N–H and O–H groups in total. The summed E-state index contributed by atoms with van der Waals surface area (Å²) in [5.74, 6) is 0.709. The smallest absolute Gasteiger partial charge is 0.214 e. The van der Waals surface area contributed by atoms with E-state index in [4.69, 9.17) is 14.5 Å². The molecule has 2 aliphatic rings. The molecule has 1 saturated heterocycles. The lowest BCUT2D eigenvalue weighted by Gasteiger charge is -2.26. The fraction of sp³-hybridized carbons (Fsp3) is 0.306. The summed E-state index contributed by atoms with van der Waals surface area (Å²) in [5, 5.41) is 9.38. The SMILES string of the molecule is Cc1ccc2nc(Cc3ccc(-c4cccc(OCc5ccc(C6COC6)cc5F)n4)cc3F)n(CC3(CC#N)CC3)c2c1. The lowest BCUT2D eigenvalue weighted by atomic mass is 9.96. The molecule has 5 aromatic rings. The monoisotopic (exact) mass is 590 g/mol. The number of halogens is 2. The van der Waals surface area contributed by atoms with E-state index < -0.39 is 0 Å². The Morgan fingerprint density at radius 3 is 2.52 bits per heavy atom. The number of pyridine rings is 1. The van der Waals surface area contributed by atoms with E-state index in [1.807, 2.05) is 31.2 Å². The highest BCUT2D eigenvalue weighted by molar-refractivity contribution is 5.77. The van der Waals surface area contributed by atoms with Crippen LogP contribution in [-0.4, -0.2) is 27.7 Å². The molecule has 1 saturated carbocycles. The standard InChI is InChI=1S/C36H32F2N4O2/c1-23-5-10-32-33(15-23)42(22-36(11-12-36)13-14-39)34(40-32)18-25-7-8-26(17-29(25)37)31-3-2-4-35(41-31)44-21-27-9-6-24(16-30(27)38)28-19-43-20-28/h2-10,15-17,28H,11-13,18-22H2,1H3. The molecular weight excluding hydrogens is 558 g/mol. The van der Waals surface area contributed by atoms with Crippen molar-refractivity contribution in [2.24, 2.45) is 5.41 Å². The van der Waals surface area contributed by atoms with Gasteiger partial charge in [0.05, 0.1) is 36.0 Å². The molecule has 222 valence electrons. The number of nitrogens with zero attached hydrogens (tertiary/aromatic N) is 4. The molecule has 0 unspecified atom stereocenters. The van der Waals surface area contributed by atoms with Gasteiger partial charge in [0.15, 0.2) is 0 Å². The van der Waals surface area contributed by atoms with Gasteiger partial charge in [0.2, 0.25) is 5.88 Å². The van der Waals surface area contributed by atoms with Crippen LogP contribution in [-0.2, 0) is 24.3 Å². The molecule has 0 atom stereocenters. The Morgan fingerprint density at radius 1 is 0.977 bits per heavy atom. The van der Waals surface area contributed by atoms with Crippen molar-refractivity contribution in [3.8, 4) is 23.2 Å². The van der Waals surface area contributed by atoms with Crippen LogP contribution in [0.2, 0.25) is 0 Å². The molecule has 0 spiro atoms. The van der Waals surface area contributed by atoms with E-state index in [1.165, 1.54) is 6.07 Å². The van der Waals surface area contributed by atoms with Crippen molar-refractivity contribution in [3.63, 3.8) is 0 Å². The average Bonchev–Trinajstić information content (AvgIpc) is 3.67. The van der Waals surface area contributed by atoms with Crippen molar-refractivity contribution >= 4 is 11.0 Å². The summed E-state index contributed by atoms with van der Waals surface area (Å²) in [6, 6.07) is 24.1. The lowest BCUT2D eigenvalue weighted by Crippen LogP contribution is -2.25. The van der Waals surface area contributed by atoms with Gasteiger partial charge in [-0.2, -0.15) is 5.26 Å². The highest BCUT2D eigenvalue weighted by Gasteiger charge is 2.43. The number of fused-ring (bicyclic) bond motifs is 1. The largest absolute Gasteiger partial charge is 0.473 e. The third-order valence-corrected chi connectivity index (χ3v) is 8.87. The van der Waals surface area contributed by atoms with E-state index in [2.05, 4.69) is 21.7 Å². The second kappa shape index (κ2) is 11.5. The van der Waals surface area contributed by atoms with Crippen molar-refractivity contribution in [2.75, 3.05) is 13.2 Å². The average molecular weight is 591 g/mol. The number of nitriles is 1. The minimum atomic E-state index is -0.345. The molecule has 0 radical (unpaired) electrons. The van der Waals surface area contributed by atoms with Crippen molar-refractivity contribution < 1.29 is 18.3 Å². The first-order valence-electron chi connectivity index (χ1n) is 15.0. The van der Waals surface area contributed by atoms with E-state index in [1.54, 1.807) is 36.4 Å². The zero-order valence-corrected chi connectivity index (χ0v) is 24.5. The third kappa shape index (κ3) is 5.68. The summed E-state index contributed by atoms with van der Waals surface area (Å²) in [6.07, 6.45) is 2.87. The molecule has 2 fully saturated rings. The number of aromatic nitrogens is 3. The topological polar surface area (TPSA) is 73.0 Å². The number of ether oxygens (including phenoxy) is 2. The van der Waals surface area contributed by atoms with Crippen LogP contribution in [0.4, 0.5) is 8.78 Å². The first-order valence-corrected chi connectivity index (χ1v) is 15.0. The number of hydrogen-bond donors (Lipinski definition) is 0. The maximum atomic E-state index is 15.6. The Kier molecular flexibility index (Phi) is 7.35. The van der Waals surface area contributed by atoms with E-state index >= 15 is 4.39 Å². The highest BCUT2D eigenvalue weighted by atomic mass is 19.1. The molecule has 44 heavy (non-hydrogen) atoms. The molecule has 2 aromatic heterocycles. The lowest BCUT2D eigenvalue weighted by molar-refractivity contribution is 0.00830. The van der Waals surface area contributed by atoms with Gasteiger partial charge in [-0.25, -0.2) is 18.7 Å². The molecular formula is C36H32F2N4O2. The Morgan fingerprint density at radius 2 is 1.80 bits per heavy atom. The number of benzene rings is 3. The summed E-state index contributed by atoms with van der Waals surface area (Å²) in [5.41, 5.74) is 6.08. The number of rotatable bonds is 10. The van der Waals surface area contributed by atoms with Crippen LogP contribution in [0.25, 0.3) is 22.3 Å². The maximum absolute atomic E-state index is 15.6. The Labute approximate surface area is 254 Å². The van der Waals surface area contributed by atoms with Crippen molar-refractivity contribution in [3.05, 3.63) is 113 Å². The van der Waals surface area contributed by atoms with Crippen LogP contribution in [0.1, 0.15) is 53.3 Å². The van der Waals surface area contributed by atoms with Crippen molar-refractivity contribution in [1.82, 2.24) is 14.5 Å². The summed E-state index contributed by atoms with van der Waals surface area (Å²) >= 11 is 0. The second-order valence-corrected chi connectivity index (χ2v) is 12.2. The van der Waals surface area contributed by atoms with Crippen LogP contribution in [0.3, 0.4) is 0 Å². The normalized spacial score (nSPS) is 15.6. The van der Waals surface area contributed by atoms with E-state index in [0.717, 1.165) is 40.8 Å². The van der Waals surface area contributed by atoms with Gasteiger partial charge in [-0.15, -0.1) is 0 Å². The van der Waals surface area contributed by atoms with Gasteiger partial charge in [0.25, 0.3) is 0 Å². The molecule has 1 aliphatic carbocycles. The zero-order valence-electron chi connectivity index (χ0n) is 24.5. The minimum Gasteiger partial charge on any atom is -0.473 e. The quantitative estimate of drug-likeness (QED) is 0.167. The van der Waals surface area contributed by atoms with E-state index in [-0.39, 0.29) is 29.6 Å². The molecule has 1 aliphatic heterocycles. The number of imidazole rings is 1. The van der Waals surface area contributed by atoms with Crippen LogP contribution in [0.5, 0.6) is 5.88 Å². The summed E-state index contributed by atoms with van der Waals surface area (Å²) in [4.78, 5) is 9.43. The second-order valence-electron chi connectivity index (χ2n) is 12.2. The first kappa shape index (κ1) is 28.2. The summed E-state index contributed by atoms with van der Waals surface area (Å²) in [7, 11) is 0. The summed E-state index contributed by atoms with van der Waals surface area (Å²) < 4.78 is 43.5.